The van der Waals surface area contributed by atoms with Gasteiger partial charge in [0.25, 0.3) is 0 Å². The van der Waals surface area contributed by atoms with E-state index in [2.05, 4.69) is 0 Å². The first kappa shape index (κ1) is 10.5. The smallest absolute Gasteiger partial charge is 0.488 e. The quantitative estimate of drug-likeness (QED) is 0.659. The summed E-state index contributed by atoms with van der Waals surface area (Å²) in [5, 5.41) is 18.0. The highest BCUT2D eigenvalue weighted by molar-refractivity contribution is 6.58. The predicted octanol–water partition coefficient (Wildman–Crippen LogP) is -0.466. The van der Waals surface area contributed by atoms with Gasteiger partial charge in [0.2, 0.25) is 0 Å². The largest absolute Gasteiger partial charge is 0.488 e. The second-order valence-corrected chi connectivity index (χ2v) is 3.55. The maximum atomic E-state index is 8.98. The van der Waals surface area contributed by atoms with Crippen molar-refractivity contribution >= 4 is 12.6 Å². The first-order chi connectivity index (χ1) is 7.25. The lowest BCUT2D eigenvalue weighted by atomic mass is 9.80. The Balaban J connectivity index is 2.04. The molecule has 0 aromatic heterocycles. The van der Waals surface area contributed by atoms with Gasteiger partial charge in [-0.1, -0.05) is 12.1 Å². The Labute approximate surface area is 88.6 Å². The van der Waals surface area contributed by atoms with E-state index in [-0.39, 0.29) is 6.10 Å². The van der Waals surface area contributed by atoms with Crippen molar-refractivity contribution in [3.63, 3.8) is 0 Å². The van der Waals surface area contributed by atoms with Crippen LogP contribution in [0.1, 0.15) is 6.42 Å². The van der Waals surface area contributed by atoms with Gasteiger partial charge in [-0.25, -0.2) is 0 Å². The summed E-state index contributed by atoms with van der Waals surface area (Å²) in [4.78, 5) is 0. The molecule has 0 bridgehead atoms. The third kappa shape index (κ3) is 2.71. The molecule has 1 heterocycles. The molecule has 0 spiro atoms. The van der Waals surface area contributed by atoms with E-state index in [9.17, 15) is 0 Å². The van der Waals surface area contributed by atoms with Crippen LogP contribution in [0, 0.1) is 0 Å². The molecule has 1 aliphatic heterocycles. The van der Waals surface area contributed by atoms with Crippen LogP contribution in [0.5, 0.6) is 5.75 Å². The van der Waals surface area contributed by atoms with Crippen molar-refractivity contribution in [2.75, 3.05) is 13.2 Å². The third-order valence-electron chi connectivity index (χ3n) is 2.35. The van der Waals surface area contributed by atoms with Gasteiger partial charge in [0.1, 0.15) is 11.9 Å². The Kier molecular flexibility index (Phi) is 3.25. The number of benzene rings is 1. The second-order valence-electron chi connectivity index (χ2n) is 3.55. The van der Waals surface area contributed by atoms with Gasteiger partial charge in [-0.3, -0.25) is 0 Å². The molecule has 1 aromatic carbocycles. The van der Waals surface area contributed by atoms with Crippen molar-refractivity contribution in [2.24, 2.45) is 0 Å². The van der Waals surface area contributed by atoms with Crippen LogP contribution in [0.25, 0.3) is 0 Å². The van der Waals surface area contributed by atoms with Crippen LogP contribution in [-0.4, -0.2) is 36.5 Å². The van der Waals surface area contributed by atoms with Crippen molar-refractivity contribution in [1.29, 1.82) is 0 Å². The molecule has 0 amide bonds. The SMILES string of the molecule is OB(O)c1cccc(OC2CCOC2)c1. The van der Waals surface area contributed by atoms with Gasteiger partial charge in [-0.2, -0.15) is 0 Å². The summed E-state index contributed by atoms with van der Waals surface area (Å²) in [6.07, 6.45) is 0.961. The number of ether oxygens (including phenoxy) is 2. The highest BCUT2D eigenvalue weighted by atomic mass is 16.5. The average molecular weight is 208 g/mol. The highest BCUT2D eigenvalue weighted by Gasteiger charge is 2.18. The van der Waals surface area contributed by atoms with Gasteiger partial charge in [0.15, 0.2) is 0 Å². The van der Waals surface area contributed by atoms with Crippen LogP contribution >= 0.6 is 0 Å². The third-order valence-corrected chi connectivity index (χ3v) is 2.35. The molecule has 15 heavy (non-hydrogen) atoms. The fraction of sp³-hybridized carbons (Fsp3) is 0.400. The molecule has 1 atom stereocenters. The van der Waals surface area contributed by atoms with E-state index in [1.807, 2.05) is 0 Å². The van der Waals surface area contributed by atoms with Crippen LogP contribution < -0.4 is 10.2 Å². The van der Waals surface area contributed by atoms with Gasteiger partial charge in [0, 0.05) is 6.42 Å². The van der Waals surface area contributed by atoms with Crippen molar-refractivity contribution in [1.82, 2.24) is 0 Å². The topological polar surface area (TPSA) is 58.9 Å². The van der Waals surface area contributed by atoms with Crippen LogP contribution in [0.3, 0.4) is 0 Å². The Hall–Kier alpha value is -1.04. The van der Waals surface area contributed by atoms with Crippen molar-refractivity contribution in [3.05, 3.63) is 24.3 Å². The molecule has 1 aliphatic rings. The van der Waals surface area contributed by atoms with Gasteiger partial charge >= 0.3 is 7.12 Å². The first-order valence-corrected chi connectivity index (χ1v) is 4.96. The van der Waals surface area contributed by atoms with Gasteiger partial charge in [-0.05, 0) is 17.6 Å². The molecule has 1 saturated heterocycles. The van der Waals surface area contributed by atoms with Crippen molar-refractivity contribution in [2.45, 2.75) is 12.5 Å². The minimum absolute atomic E-state index is 0.0797. The standard InChI is InChI=1S/C10H13BO4/c12-11(13)8-2-1-3-9(6-8)15-10-4-5-14-7-10/h1-3,6,10,12-13H,4-5,7H2. The molecule has 1 aromatic rings. The van der Waals surface area contributed by atoms with E-state index < -0.39 is 7.12 Å². The maximum Gasteiger partial charge on any atom is 0.488 e. The zero-order chi connectivity index (χ0) is 10.7. The molecule has 80 valence electrons. The molecular formula is C10H13BO4. The minimum Gasteiger partial charge on any atom is -0.488 e. The fourth-order valence-corrected chi connectivity index (χ4v) is 1.55. The molecule has 0 saturated carbocycles. The molecule has 0 aliphatic carbocycles. The summed E-state index contributed by atoms with van der Waals surface area (Å²) >= 11 is 0. The van der Waals surface area contributed by atoms with E-state index in [1.54, 1.807) is 24.3 Å². The molecule has 1 unspecified atom stereocenters. The van der Waals surface area contributed by atoms with Crippen LogP contribution in [0.2, 0.25) is 0 Å². The zero-order valence-electron chi connectivity index (χ0n) is 8.30. The van der Waals surface area contributed by atoms with Crippen molar-refractivity contribution in [3.8, 4) is 5.75 Å². The van der Waals surface area contributed by atoms with Gasteiger partial charge in [-0.15, -0.1) is 0 Å². The summed E-state index contributed by atoms with van der Waals surface area (Å²) in [6, 6.07) is 6.80. The van der Waals surface area contributed by atoms with E-state index in [0.29, 0.717) is 17.8 Å². The Morgan fingerprint density at radius 1 is 1.40 bits per heavy atom. The molecule has 5 heteroatoms. The predicted molar refractivity (Wildman–Crippen MR) is 56.1 cm³/mol. The molecule has 4 nitrogen and oxygen atoms in total. The number of hydrogen-bond acceptors (Lipinski definition) is 4. The summed E-state index contributed by atoms with van der Waals surface area (Å²) in [5.41, 5.74) is 0.436. The Morgan fingerprint density at radius 2 is 2.27 bits per heavy atom. The normalized spacial score (nSPS) is 20.3. The zero-order valence-corrected chi connectivity index (χ0v) is 8.30. The van der Waals surface area contributed by atoms with E-state index in [0.717, 1.165) is 13.0 Å². The van der Waals surface area contributed by atoms with Crippen LogP contribution in [0.15, 0.2) is 24.3 Å². The summed E-state index contributed by atoms with van der Waals surface area (Å²) < 4.78 is 10.8. The molecule has 2 rings (SSSR count). The number of rotatable bonds is 3. The van der Waals surface area contributed by atoms with E-state index in [4.69, 9.17) is 19.5 Å². The van der Waals surface area contributed by atoms with Crippen LogP contribution in [-0.2, 0) is 4.74 Å². The highest BCUT2D eigenvalue weighted by Crippen LogP contribution is 2.15. The van der Waals surface area contributed by atoms with Crippen molar-refractivity contribution < 1.29 is 19.5 Å². The monoisotopic (exact) mass is 208 g/mol. The van der Waals surface area contributed by atoms with E-state index >= 15 is 0 Å². The lowest BCUT2D eigenvalue weighted by Gasteiger charge is -2.12. The molecule has 1 fully saturated rings. The Morgan fingerprint density at radius 3 is 2.93 bits per heavy atom. The second kappa shape index (κ2) is 4.66. The molecule has 0 radical (unpaired) electrons. The average Bonchev–Trinajstić information content (AvgIpc) is 2.71. The summed E-state index contributed by atoms with van der Waals surface area (Å²) in [7, 11) is -1.45. The number of hydrogen-bond donors (Lipinski definition) is 2. The lowest BCUT2D eigenvalue weighted by Crippen LogP contribution is -2.30. The molecule has 2 N–H and O–H groups in total. The Bertz CT molecular complexity index is 323. The van der Waals surface area contributed by atoms with Gasteiger partial charge in [0.05, 0.1) is 13.2 Å². The van der Waals surface area contributed by atoms with E-state index in [1.165, 1.54) is 0 Å². The maximum absolute atomic E-state index is 8.98. The minimum atomic E-state index is -1.45. The molecular weight excluding hydrogens is 195 g/mol. The summed E-state index contributed by atoms with van der Waals surface area (Å²) in [5.74, 6) is 0.649. The first-order valence-electron chi connectivity index (χ1n) is 4.96. The van der Waals surface area contributed by atoms with Gasteiger partial charge < -0.3 is 19.5 Å². The fourth-order valence-electron chi connectivity index (χ4n) is 1.55. The van der Waals surface area contributed by atoms with Crippen LogP contribution in [0.4, 0.5) is 0 Å². The lowest BCUT2D eigenvalue weighted by molar-refractivity contribution is 0.141. The summed E-state index contributed by atoms with van der Waals surface area (Å²) in [6.45, 7) is 1.33.